The number of ether oxygens (including phenoxy) is 1. The monoisotopic (exact) mass is 381 g/mol. The van der Waals surface area contributed by atoms with Gasteiger partial charge in [-0.15, -0.1) is 0 Å². The number of anilines is 1. The van der Waals surface area contributed by atoms with E-state index in [1.165, 1.54) is 5.56 Å². The summed E-state index contributed by atoms with van der Waals surface area (Å²) in [4.78, 5) is 29.3. The van der Waals surface area contributed by atoms with Gasteiger partial charge in [-0.05, 0) is 56.3 Å². The number of hydrogen-bond acceptors (Lipinski definition) is 4. The Balaban J connectivity index is 1.63. The molecule has 0 saturated carbocycles. The van der Waals surface area contributed by atoms with Gasteiger partial charge in [0.1, 0.15) is 5.75 Å². The maximum absolute atomic E-state index is 12.9. The molecule has 1 aliphatic rings. The molecule has 148 valence electrons. The zero-order chi connectivity index (χ0) is 20.1. The van der Waals surface area contributed by atoms with Crippen molar-refractivity contribution in [2.24, 2.45) is 0 Å². The lowest BCUT2D eigenvalue weighted by Gasteiger charge is -2.32. The van der Waals surface area contributed by atoms with Gasteiger partial charge < -0.3 is 19.9 Å². The first-order valence-electron chi connectivity index (χ1n) is 9.51. The zero-order valence-corrected chi connectivity index (χ0v) is 16.7. The van der Waals surface area contributed by atoms with Crippen LogP contribution in [0.4, 0.5) is 5.69 Å². The molecule has 2 aromatic rings. The van der Waals surface area contributed by atoms with Crippen LogP contribution in [0.3, 0.4) is 0 Å². The number of nitrogens with zero attached hydrogens (tertiary/aromatic N) is 2. The fourth-order valence-corrected chi connectivity index (χ4v) is 3.10. The maximum atomic E-state index is 12.9. The van der Waals surface area contributed by atoms with Crippen molar-refractivity contribution >= 4 is 17.5 Å². The van der Waals surface area contributed by atoms with E-state index in [9.17, 15) is 9.59 Å². The quantitative estimate of drug-likeness (QED) is 0.865. The van der Waals surface area contributed by atoms with Crippen LogP contribution in [-0.2, 0) is 4.79 Å². The molecule has 0 aliphatic carbocycles. The van der Waals surface area contributed by atoms with Gasteiger partial charge in [0.15, 0.2) is 6.61 Å². The first-order valence-corrected chi connectivity index (χ1v) is 9.51. The van der Waals surface area contributed by atoms with Gasteiger partial charge in [0, 0.05) is 26.2 Å². The number of carbonyl (C=O) groups excluding carboxylic acids is 2. The van der Waals surface area contributed by atoms with E-state index < -0.39 is 0 Å². The lowest BCUT2D eigenvalue weighted by Crippen LogP contribution is -2.47. The van der Waals surface area contributed by atoms with Crippen LogP contribution in [0.2, 0.25) is 0 Å². The number of hydrogen-bond donors (Lipinski definition) is 1. The van der Waals surface area contributed by atoms with Crippen molar-refractivity contribution in [3.05, 3.63) is 59.2 Å². The predicted molar refractivity (Wildman–Crippen MR) is 110 cm³/mol. The topological polar surface area (TPSA) is 61.9 Å². The Bertz CT molecular complexity index is 858. The predicted octanol–water partition coefficient (Wildman–Crippen LogP) is 2.71. The van der Waals surface area contributed by atoms with Gasteiger partial charge in [0.05, 0.1) is 11.3 Å². The van der Waals surface area contributed by atoms with Crippen LogP contribution in [0.15, 0.2) is 42.5 Å². The number of rotatable bonds is 5. The SMILES string of the molecule is Cc1ccc(OCC(=O)Nc2ccccc2C(=O)N2CCN(C)CC2)cc1C. The summed E-state index contributed by atoms with van der Waals surface area (Å²) in [6.07, 6.45) is 0. The number of benzene rings is 2. The summed E-state index contributed by atoms with van der Waals surface area (Å²) in [6, 6.07) is 12.8. The Morgan fingerprint density at radius 2 is 1.71 bits per heavy atom. The second-order valence-corrected chi connectivity index (χ2v) is 7.22. The molecule has 0 radical (unpaired) electrons. The number of amides is 2. The van der Waals surface area contributed by atoms with Crippen LogP contribution in [0.25, 0.3) is 0 Å². The average molecular weight is 381 g/mol. The van der Waals surface area contributed by atoms with Gasteiger partial charge in [-0.2, -0.15) is 0 Å². The van der Waals surface area contributed by atoms with E-state index in [4.69, 9.17) is 4.74 Å². The minimum absolute atomic E-state index is 0.0564. The summed E-state index contributed by atoms with van der Waals surface area (Å²) in [7, 11) is 2.05. The molecule has 0 atom stereocenters. The smallest absolute Gasteiger partial charge is 0.262 e. The second kappa shape index (κ2) is 8.89. The number of likely N-dealkylation sites (N-methyl/N-ethyl adjacent to an activating group) is 1. The molecule has 0 bridgehead atoms. The molecule has 2 amide bonds. The molecule has 1 heterocycles. The van der Waals surface area contributed by atoms with Crippen molar-refractivity contribution in [3.63, 3.8) is 0 Å². The van der Waals surface area contributed by atoms with E-state index in [2.05, 4.69) is 10.2 Å². The molecule has 0 aromatic heterocycles. The van der Waals surface area contributed by atoms with Gasteiger partial charge >= 0.3 is 0 Å². The molecule has 6 heteroatoms. The number of piperazine rings is 1. The number of carbonyl (C=O) groups is 2. The van der Waals surface area contributed by atoms with Crippen LogP contribution in [0.1, 0.15) is 21.5 Å². The first kappa shape index (κ1) is 19.9. The molecule has 1 fully saturated rings. The number of aryl methyl sites for hydroxylation is 2. The number of para-hydroxylation sites is 1. The van der Waals surface area contributed by atoms with E-state index in [1.807, 2.05) is 50.1 Å². The van der Waals surface area contributed by atoms with Crippen LogP contribution >= 0.6 is 0 Å². The van der Waals surface area contributed by atoms with Crippen molar-refractivity contribution in [2.45, 2.75) is 13.8 Å². The van der Waals surface area contributed by atoms with Crippen molar-refractivity contribution in [1.29, 1.82) is 0 Å². The highest BCUT2D eigenvalue weighted by Gasteiger charge is 2.22. The molecular weight excluding hydrogens is 354 g/mol. The lowest BCUT2D eigenvalue weighted by molar-refractivity contribution is -0.118. The molecular formula is C22H27N3O3. The Labute approximate surface area is 166 Å². The summed E-state index contributed by atoms with van der Waals surface area (Å²) in [6.45, 7) is 7.00. The fraction of sp³-hybridized carbons (Fsp3) is 0.364. The molecule has 3 rings (SSSR count). The van der Waals surface area contributed by atoms with Gasteiger partial charge in [-0.3, -0.25) is 9.59 Å². The Kier molecular flexibility index (Phi) is 6.31. The van der Waals surface area contributed by atoms with Gasteiger partial charge in [0.2, 0.25) is 0 Å². The normalized spacial score (nSPS) is 14.6. The molecule has 0 spiro atoms. The Morgan fingerprint density at radius 3 is 2.43 bits per heavy atom. The van der Waals surface area contributed by atoms with Crippen molar-refractivity contribution in [3.8, 4) is 5.75 Å². The van der Waals surface area contributed by atoms with Gasteiger partial charge in [-0.1, -0.05) is 18.2 Å². The molecule has 0 unspecified atom stereocenters. The van der Waals surface area contributed by atoms with Crippen molar-refractivity contribution < 1.29 is 14.3 Å². The highest BCUT2D eigenvalue weighted by Crippen LogP contribution is 2.19. The Hall–Kier alpha value is -2.86. The largest absolute Gasteiger partial charge is 0.484 e. The first-order chi connectivity index (χ1) is 13.4. The summed E-state index contributed by atoms with van der Waals surface area (Å²) in [5.74, 6) is 0.302. The standard InChI is InChI=1S/C22H27N3O3/c1-16-8-9-18(14-17(16)2)28-15-21(26)23-20-7-5-4-6-19(20)22(27)25-12-10-24(3)11-13-25/h4-9,14H,10-13,15H2,1-3H3,(H,23,26). The summed E-state index contributed by atoms with van der Waals surface area (Å²) in [5, 5.41) is 2.81. The van der Waals surface area contributed by atoms with Crippen molar-refractivity contribution in [1.82, 2.24) is 9.80 Å². The minimum atomic E-state index is -0.295. The minimum Gasteiger partial charge on any atom is -0.484 e. The molecule has 2 aromatic carbocycles. The van der Waals surface area contributed by atoms with Crippen LogP contribution in [0, 0.1) is 13.8 Å². The second-order valence-electron chi connectivity index (χ2n) is 7.22. The molecule has 1 saturated heterocycles. The zero-order valence-electron chi connectivity index (χ0n) is 16.7. The van der Waals surface area contributed by atoms with Gasteiger partial charge in [-0.25, -0.2) is 0 Å². The highest BCUT2D eigenvalue weighted by atomic mass is 16.5. The molecule has 28 heavy (non-hydrogen) atoms. The number of nitrogens with one attached hydrogen (secondary N) is 1. The third-order valence-electron chi connectivity index (χ3n) is 5.07. The third-order valence-corrected chi connectivity index (χ3v) is 5.07. The summed E-state index contributed by atoms with van der Waals surface area (Å²) < 4.78 is 5.59. The third kappa shape index (κ3) is 4.89. The summed E-state index contributed by atoms with van der Waals surface area (Å²) in [5.41, 5.74) is 3.31. The summed E-state index contributed by atoms with van der Waals surface area (Å²) >= 11 is 0. The van der Waals surface area contributed by atoms with E-state index in [0.717, 1.165) is 18.7 Å². The van der Waals surface area contributed by atoms with Gasteiger partial charge in [0.25, 0.3) is 11.8 Å². The van der Waals surface area contributed by atoms with Crippen LogP contribution in [-0.4, -0.2) is 61.4 Å². The van der Waals surface area contributed by atoms with Crippen LogP contribution < -0.4 is 10.1 Å². The average Bonchev–Trinajstić information content (AvgIpc) is 2.69. The van der Waals surface area contributed by atoms with E-state index in [1.54, 1.807) is 18.2 Å². The van der Waals surface area contributed by atoms with Crippen LogP contribution in [0.5, 0.6) is 5.75 Å². The molecule has 6 nitrogen and oxygen atoms in total. The molecule has 1 N–H and O–H groups in total. The maximum Gasteiger partial charge on any atom is 0.262 e. The van der Waals surface area contributed by atoms with E-state index >= 15 is 0 Å². The molecule has 1 aliphatic heterocycles. The lowest BCUT2D eigenvalue weighted by atomic mass is 10.1. The van der Waals surface area contributed by atoms with E-state index in [0.29, 0.717) is 30.1 Å². The fourth-order valence-electron chi connectivity index (χ4n) is 3.10. The Morgan fingerprint density at radius 1 is 1.00 bits per heavy atom. The highest BCUT2D eigenvalue weighted by molar-refractivity contribution is 6.04. The van der Waals surface area contributed by atoms with E-state index in [-0.39, 0.29) is 18.4 Å². The van der Waals surface area contributed by atoms with Crippen molar-refractivity contribution in [2.75, 3.05) is 45.2 Å².